The zero-order valence-electron chi connectivity index (χ0n) is 13.2. The van der Waals surface area contributed by atoms with Gasteiger partial charge in [-0.2, -0.15) is 4.98 Å². The number of fused-ring (bicyclic) bond motifs is 1. The Balaban J connectivity index is 1.71. The SMILES string of the molecule is COC1(c2noc(-c3ccc4cnccc4c3)n2)CCCCC1. The van der Waals surface area contributed by atoms with Crippen molar-refractivity contribution in [1.82, 2.24) is 15.1 Å². The van der Waals surface area contributed by atoms with Crippen molar-refractivity contribution in [3.05, 3.63) is 42.5 Å². The van der Waals surface area contributed by atoms with E-state index in [0.717, 1.165) is 42.0 Å². The molecular weight excluding hydrogens is 290 g/mol. The van der Waals surface area contributed by atoms with Crippen LogP contribution in [0.3, 0.4) is 0 Å². The van der Waals surface area contributed by atoms with Gasteiger partial charge >= 0.3 is 0 Å². The molecular formula is C18H19N3O2. The van der Waals surface area contributed by atoms with E-state index < -0.39 is 0 Å². The molecule has 0 radical (unpaired) electrons. The average molecular weight is 309 g/mol. The van der Waals surface area contributed by atoms with Crippen molar-refractivity contribution in [2.45, 2.75) is 37.7 Å². The van der Waals surface area contributed by atoms with E-state index in [4.69, 9.17) is 9.26 Å². The molecule has 0 amide bonds. The monoisotopic (exact) mass is 309 g/mol. The van der Waals surface area contributed by atoms with E-state index in [1.165, 1.54) is 6.42 Å². The Labute approximate surface area is 134 Å². The molecule has 4 rings (SSSR count). The normalized spacial score (nSPS) is 17.4. The molecule has 1 fully saturated rings. The van der Waals surface area contributed by atoms with Crippen LogP contribution in [-0.4, -0.2) is 22.2 Å². The molecule has 1 aromatic carbocycles. The van der Waals surface area contributed by atoms with E-state index in [2.05, 4.69) is 21.2 Å². The summed E-state index contributed by atoms with van der Waals surface area (Å²) in [6.45, 7) is 0. The average Bonchev–Trinajstić information content (AvgIpc) is 3.12. The third-order valence-corrected chi connectivity index (χ3v) is 4.77. The van der Waals surface area contributed by atoms with Crippen molar-refractivity contribution in [2.75, 3.05) is 7.11 Å². The highest BCUT2D eigenvalue weighted by Gasteiger charge is 2.38. The van der Waals surface area contributed by atoms with E-state index in [1.54, 1.807) is 13.3 Å². The van der Waals surface area contributed by atoms with Crippen LogP contribution in [0.2, 0.25) is 0 Å². The molecule has 0 N–H and O–H groups in total. The first-order valence-corrected chi connectivity index (χ1v) is 8.04. The van der Waals surface area contributed by atoms with Gasteiger partial charge in [0.15, 0.2) is 0 Å². The number of pyridine rings is 1. The summed E-state index contributed by atoms with van der Waals surface area (Å²) >= 11 is 0. The summed E-state index contributed by atoms with van der Waals surface area (Å²) in [7, 11) is 1.74. The number of methoxy groups -OCH3 is 1. The largest absolute Gasteiger partial charge is 0.370 e. The van der Waals surface area contributed by atoms with Gasteiger partial charge in [-0.15, -0.1) is 0 Å². The molecule has 2 aromatic heterocycles. The maximum absolute atomic E-state index is 5.79. The molecule has 0 spiro atoms. The van der Waals surface area contributed by atoms with Crippen LogP contribution in [0.15, 0.2) is 41.2 Å². The Morgan fingerprint density at radius 3 is 2.78 bits per heavy atom. The Morgan fingerprint density at radius 2 is 1.96 bits per heavy atom. The van der Waals surface area contributed by atoms with Crippen molar-refractivity contribution < 1.29 is 9.26 Å². The topological polar surface area (TPSA) is 61.0 Å². The van der Waals surface area contributed by atoms with E-state index in [-0.39, 0.29) is 5.60 Å². The van der Waals surface area contributed by atoms with Crippen molar-refractivity contribution >= 4 is 10.8 Å². The van der Waals surface area contributed by atoms with Crippen LogP contribution in [0.25, 0.3) is 22.2 Å². The van der Waals surface area contributed by atoms with Gasteiger partial charge in [-0.25, -0.2) is 0 Å². The summed E-state index contributed by atoms with van der Waals surface area (Å²) in [5.41, 5.74) is 0.533. The lowest BCUT2D eigenvalue weighted by molar-refractivity contribution is -0.0527. The molecule has 118 valence electrons. The third kappa shape index (κ3) is 2.51. The van der Waals surface area contributed by atoms with Gasteiger partial charge in [0.1, 0.15) is 5.60 Å². The zero-order chi connectivity index (χ0) is 15.7. The Hall–Kier alpha value is -2.27. The van der Waals surface area contributed by atoms with Crippen molar-refractivity contribution in [3.8, 4) is 11.5 Å². The number of benzene rings is 1. The van der Waals surface area contributed by atoms with Gasteiger partial charge in [0.25, 0.3) is 5.89 Å². The van der Waals surface area contributed by atoms with Gasteiger partial charge in [0.2, 0.25) is 5.82 Å². The fourth-order valence-electron chi connectivity index (χ4n) is 3.38. The molecule has 5 heteroatoms. The van der Waals surface area contributed by atoms with Crippen molar-refractivity contribution in [2.24, 2.45) is 0 Å². The highest BCUT2D eigenvalue weighted by molar-refractivity contribution is 5.85. The van der Waals surface area contributed by atoms with Gasteiger partial charge in [-0.1, -0.05) is 30.5 Å². The Bertz CT molecular complexity index is 822. The summed E-state index contributed by atoms with van der Waals surface area (Å²) < 4.78 is 11.3. The molecule has 1 aliphatic rings. The standard InChI is InChI=1S/C18H19N3O2/c1-22-18(8-3-2-4-9-18)17-20-16(23-21-17)14-5-6-15-12-19-10-7-13(15)11-14/h5-7,10-12H,2-4,8-9H2,1H3. The summed E-state index contributed by atoms with van der Waals surface area (Å²) in [5.74, 6) is 1.21. The highest BCUT2D eigenvalue weighted by atomic mass is 16.5. The predicted molar refractivity (Wildman–Crippen MR) is 86.8 cm³/mol. The number of hydrogen-bond donors (Lipinski definition) is 0. The quantitative estimate of drug-likeness (QED) is 0.729. The van der Waals surface area contributed by atoms with Gasteiger partial charge in [0.05, 0.1) is 0 Å². The number of nitrogens with zero attached hydrogens (tertiary/aromatic N) is 3. The summed E-state index contributed by atoms with van der Waals surface area (Å²) in [4.78, 5) is 8.77. The van der Waals surface area contributed by atoms with Crippen LogP contribution in [-0.2, 0) is 10.3 Å². The number of aromatic nitrogens is 3. The van der Waals surface area contributed by atoms with Gasteiger partial charge in [-0.3, -0.25) is 4.98 Å². The summed E-state index contributed by atoms with van der Waals surface area (Å²) in [6, 6.07) is 8.04. The Morgan fingerprint density at radius 1 is 1.09 bits per heavy atom. The van der Waals surface area contributed by atoms with E-state index in [0.29, 0.717) is 11.7 Å². The maximum atomic E-state index is 5.79. The zero-order valence-corrected chi connectivity index (χ0v) is 13.2. The minimum Gasteiger partial charge on any atom is -0.370 e. The third-order valence-electron chi connectivity index (χ3n) is 4.77. The molecule has 0 atom stereocenters. The molecule has 2 heterocycles. The predicted octanol–water partition coefficient (Wildman–Crippen LogP) is 4.09. The van der Waals surface area contributed by atoms with Gasteiger partial charge in [0, 0.05) is 30.5 Å². The number of rotatable bonds is 3. The second kappa shape index (κ2) is 5.74. The fourth-order valence-corrected chi connectivity index (χ4v) is 3.38. The van der Waals surface area contributed by atoms with Crippen LogP contribution in [0, 0.1) is 0 Å². The first kappa shape index (κ1) is 14.3. The Kier molecular flexibility index (Phi) is 3.58. The van der Waals surface area contributed by atoms with Crippen molar-refractivity contribution in [1.29, 1.82) is 0 Å². The molecule has 23 heavy (non-hydrogen) atoms. The second-order valence-corrected chi connectivity index (χ2v) is 6.12. The second-order valence-electron chi connectivity index (χ2n) is 6.12. The first-order valence-electron chi connectivity index (χ1n) is 8.04. The van der Waals surface area contributed by atoms with Crippen molar-refractivity contribution in [3.63, 3.8) is 0 Å². The van der Waals surface area contributed by atoms with E-state index >= 15 is 0 Å². The number of hydrogen-bond acceptors (Lipinski definition) is 5. The van der Waals surface area contributed by atoms with Crippen LogP contribution in [0.1, 0.15) is 37.9 Å². The minimum atomic E-state index is -0.388. The van der Waals surface area contributed by atoms with E-state index in [9.17, 15) is 0 Å². The van der Waals surface area contributed by atoms with Crippen LogP contribution in [0.5, 0.6) is 0 Å². The lowest BCUT2D eigenvalue weighted by Crippen LogP contribution is -2.32. The number of ether oxygens (including phenoxy) is 1. The first-order chi connectivity index (χ1) is 11.3. The molecule has 0 saturated heterocycles. The molecule has 5 nitrogen and oxygen atoms in total. The lowest BCUT2D eigenvalue weighted by Gasteiger charge is -2.32. The maximum Gasteiger partial charge on any atom is 0.258 e. The molecule has 0 bridgehead atoms. The molecule has 1 saturated carbocycles. The summed E-state index contributed by atoms with van der Waals surface area (Å²) in [5, 5.41) is 6.42. The molecule has 1 aliphatic carbocycles. The van der Waals surface area contributed by atoms with Gasteiger partial charge < -0.3 is 9.26 Å². The fraction of sp³-hybridized carbons (Fsp3) is 0.389. The molecule has 3 aromatic rings. The summed E-state index contributed by atoms with van der Waals surface area (Å²) in [6.07, 6.45) is 9.06. The molecule has 0 aliphatic heterocycles. The molecule has 0 unspecified atom stereocenters. The smallest absolute Gasteiger partial charge is 0.258 e. The lowest BCUT2D eigenvalue weighted by atomic mass is 9.84. The van der Waals surface area contributed by atoms with Crippen LogP contribution < -0.4 is 0 Å². The minimum absolute atomic E-state index is 0.388. The van der Waals surface area contributed by atoms with Crippen LogP contribution >= 0.6 is 0 Å². The van der Waals surface area contributed by atoms with E-state index in [1.807, 2.05) is 24.4 Å². The highest BCUT2D eigenvalue weighted by Crippen LogP contribution is 2.39. The van der Waals surface area contributed by atoms with Gasteiger partial charge in [-0.05, 0) is 36.4 Å². The van der Waals surface area contributed by atoms with Crippen LogP contribution in [0.4, 0.5) is 0 Å².